The quantitative estimate of drug-likeness (QED) is 0.917. The van der Waals surface area contributed by atoms with Gasteiger partial charge in [0.2, 0.25) is 5.91 Å². The molecule has 1 aromatic heterocycles. The molecule has 0 saturated heterocycles. The Morgan fingerprint density at radius 3 is 3.05 bits per heavy atom. The van der Waals surface area contributed by atoms with E-state index in [1.807, 2.05) is 42.8 Å². The summed E-state index contributed by atoms with van der Waals surface area (Å²) in [5.41, 5.74) is 3.21. The minimum absolute atomic E-state index is 0.0179. The molecule has 19 heavy (non-hydrogen) atoms. The number of nitrogens with zero attached hydrogens (tertiary/aromatic N) is 1. The lowest BCUT2D eigenvalue weighted by molar-refractivity contribution is -0.115. The minimum Gasteiger partial charge on any atom is -0.302 e. The molecule has 0 atom stereocenters. The Hall–Kier alpha value is -1.33. The van der Waals surface area contributed by atoms with Gasteiger partial charge in [-0.25, -0.2) is 4.98 Å². The molecule has 0 unspecified atom stereocenters. The van der Waals surface area contributed by atoms with Gasteiger partial charge in [0.05, 0.1) is 12.1 Å². The highest BCUT2D eigenvalue weighted by Crippen LogP contribution is 2.18. The first-order chi connectivity index (χ1) is 9.17. The molecule has 100 valence electrons. The number of nitrogens with one attached hydrogen (secondary N) is 1. The SMILES string of the molecule is CSCc1csc(NC(=O)Cc2cccc(C)c2)n1. The second-order valence-electron chi connectivity index (χ2n) is 4.29. The molecule has 1 aromatic carbocycles. The van der Waals surface area contributed by atoms with Gasteiger partial charge in [0.1, 0.15) is 0 Å². The lowest BCUT2D eigenvalue weighted by Gasteiger charge is -2.03. The number of hydrogen-bond donors (Lipinski definition) is 1. The number of carbonyl (C=O) groups is 1. The average Bonchev–Trinajstić information content (AvgIpc) is 2.77. The molecule has 1 amide bonds. The Labute approximate surface area is 121 Å². The van der Waals surface area contributed by atoms with E-state index in [-0.39, 0.29) is 5.91 Å². The zero-order valence-corrected chi connectivity index (χ0v) is 12.6. The molecule has 0 saturated carbocycles. The van der Waals surface area contributed by atoms with Crippen molar-refractivity contribution in [3.05, 3.63) is 46.5 Å². The summed E-state index contributed by atoms with van der Waals surface area (Å²) in [5.74, 6) is 0.861. The smallest absolute Gasteiger partial charge is 0.230 e. The highest BCUT2D eigenvalue weighted by Gasteiger charge is 2.07. The molecule has 5 heteroatoms. The molecule has 0 radical (unpaired) electrons. The maximum Gasteiger partial charge on any atom is 0.230 e. The van der Waals surface area contributed by atoms with Crippen LogP contribution in [0.15, 0.2) is 29.6 Å². The van der Waals surface area contributed by atoms with Crippen LogP contribution in [0.1, 0.15) is 16.8 Å². The van der Waals surface area contributed by atoms with Crippen LogP contribution in [-0.4, -0.2) is 17.1 Å². The van der Waals surface area contributed by atoms with Gasteiger partial charge in [0, 0.05) is 11.1 Å². The number of rotatable bonds is 5. The number of thiazole rings is 1. The number of hydrogen-bond acceptors (Lipinski definition) is 4. The summed E-state index contributed by atoms with van der Waals surface area (Å²) in [4.78, 5) is 16.3. The van der Waals surface area contributed by atoms with Crippen LogP contribution in [0.2, 0.25) is 0 Å². The Morgan fingerprint density at radius 2 is 2.32 bits per heavy atom. The first-order valence-electron chi connectivity index (χ1n) is 5.96. The van der Waals surface area contributed by atoms with Crippen LogP contribution >= 0.6 is 23.1 Å². The van der Waals surface area contributed by atoms with Crippen LogP contribution in [0.4, 0.5) is 5.13 Å². The number of carbonyl (C=O) groups excluding carboxylic acids is 1. The maximum absolute atomic E-state index is 11.9. The molecule has 2 aromatic rings. The Bertz CT molecular complexity index is 566. The van der Waals surface area contributed by atoms with Gasteiger partial charge in [-0.15, -0.1) is 11.3 Å². The third-order valence-corrected chi connectivity index (χ3v) is 3.93. The summed E-state index contributed by atoms with van der Waals surface area (Å²) in [5, 5.41) is 5.51. The standard InChI is InChI=1S/C14H16N2OS2/c1-10-4-3-5-11(6-10)7-13(17)16-14-15-12(8-18-2)9-19-14/h3-6,9H,7-8H2,1-2H3,(H,15,16,17). The van der Waals surface area contributed by atoms with E-state index in [9.17, 15) is 4.79 Å². The Morgan fingerprint density at radius 1 is 1.47 bits per heavy atom. The molecular weight excluding hydrogens is 276 g/mol. The van der Waals surface area contributed by atoms with Crippen LogP contribution in [0.5, 0.6) is 0 Å². The number of thioether (sulfide) groups is 1. The summed E-state index contributed by atoms with van der Waals surface area (Å²) in [6, 6.07) is 7.99. The van der Waals surface area contributed by atoms with Gasteiger partial charge < -0.3 is 5.32 Å². The molecular formula is C14H16N2OS2. The highest BCUT2D eigenvalue weighted by molar-refractivity contribution is 7.97. The van der Waals surface area contributed by atoms with E-state index in [4.69, 9.17) is 0 Å². The van der Waals surface area contributed by atoms with E-state index in [1.54, 1.807) is 11.8 Å². The Kier molecular flexibility index (Phi) is 4.99. The van der Waals surface area contributed by atoms with Crippen LogP contribution < -0.4 is 5.32 Å². The molecule has 0 bridgehead atoms. The first-order valence-corrected chi connectivity index (χ1v) is 8.23. The molecule has 0 spiro atoms. The number of aryl methyl sites for hydroxylation is 1. The summed E-state index contributed by atoms with van der Waals surface area (Å²) in [7, 11) is 0. The molecule has 0 aliphatic rings. The maximum atomic E-state index is 11.9. The van der Waals surface area contributed by atoms with Crippen molar-refractivity contribution >= 4 is 34.1 Å². The predicted molar refractivity (Wildman–Crippen MR) is 82.8 cm³/mol. The molecule has 0 aliphatic carbocycles. The summed E-state index contributed by atoms with van der Waals surface area (Å²) >= 11 is 3.20. The van der Waals surface area contributed by atoms with Gasteiger partial charge in [0.15, 0.2) is 5.13 Å². The molecule has 1 heterocycles. The Balaban J connectivity index is 1.93. The van der Waals surface area contributed by atoms with Gasteiger partial charge in [-0.2, -0.15) is 11.8 Å². The average molecular weight is 292 g/mol. The highest BCUT2D eigenvalue weighted by atomic mass is 32.2. The number of aromatic nitrogens is 1. The fourth-order valence-electron chi connectivity index (χ4n) is 1.75. The second-order valence-corrected chi connectivity index (χ2v) is 6.02. The first kappa shape index (κ1) is 14.1. The van der Waals surface area contributed by atoms with Crippen LogP contribution in [0.25, 0.3) is 0 Å². The monoisotopic (exact) mass is 292 g/mol. The minimum atomic E-state index is -0.0179. The van der Waals surface area contributed by atoms with Crippen LogP contribution in [0.3, 0.4) is 0 Å². The van der Waals surface area contributed by atoms with Crippen molar-refractivity contribution in [2.24, 2.45) is 0 Å². The normalized spacial score (nSPS) is 10.4. The summed E-state index contributed by atoms with van der Waals surface area (Å²) in [6.07, 6.45) is 2.43. The molecule has 1 N–H and O–H groups in total. The topological polar surface area (TPSA) is 42.0 Å². The molecule has 2 rings (SSSR count). The fraction of sp³-hybridized carbons (Fsp3) is 0.286. The molecule has 3 nitrogen and oxygen atoms in total. The van der Waals surface area contributed by atoms with E-state index < -0.39 is 0 Å². The molecule has 0 fully saturated rings. The van der Waals surface area contributed by atoms with Crippen molar-refractivity contribution in [1.29, 1.82) is 0 Å². The summed E-state index contributed by atoms with van der Waals surface area (Å²) in [6.45, 7) is 2.02. The van der Waals surface area contributed by atoms with Gasteiger partial charge in [-0.1, -0.05) is 29.8 Å². The van der Waals surface area contributed by atoms with Crippen molar-refractivity contribution < 1.29 is 4.79 Å². The largest absolute Gasteiger partial charge is 0.302 e. The number of anilines is 1. The number of benzene rings is 1. The van der Waals surface area contributed by atoms with Crippen molar-refractivity contribution in [3.63, 3.8) is 0 Å². The van der Waals surface area contributed by atoms with E-state index in [1.165, 1.54) is 16.9 Å². The van der Waals surface area contributed by atoms with E-state index in [2.05, 4.69) is 10.3 Å². The third kappa shape index (κ3) is 4.36. The van der Waals surface area contributed by atoms with E-state index in [0.717, 1.165) is 17.0 Å². The van der Waals surface area contributed by atoms with Crippen molar-refractivity contribution in [2.45, 2.75) is 19.1 Å². The molecule has 0 aliphatic heterocycles. The zero-order chi connectivity index (χ0) is 13.7. The lowest BCUT2D eigenvalue weighted by atomic mass is 10.1. The van der Waals surface area contributed by atoms with Crippen molar-refractivity contribution in [3.8, 4) is 0 Å². The van der Waals surface area contributed by atoms with E-state index in [0.29, 0.717) is 11.6 Å². The second kappa shape index (κ2) is 6.73. The fourth-order valence-corrected chi connectivity index (χ4v) is 3.03. The number of amides is 1. The van der Waals surface area contributed by atoms with Crippen molar-refractivity contribution in [2.75, 3.05) is 11.6 Å². The van der Waals surface area contributed by atoms with Gasteiger partial charge in [-0.3, -0.25) is 4.79 Å². The lowest BCUT2D eigenvalue weighted by Crippen LogP contribution is -2.14. The van der Waals surface area contributed by atoms with Crippen LogP contribution in [0, 0.1) is 6.92 Å². The van der Waals surface area contributed by atoms with Crippen molar-refractivity contribution in [1.82, 2.24) is 4.98 Å². The van der Waals surface area contributed by atoms with Gasteiger partial charge >= 0.3 is 0 Å². The van der Waals surface area contributed by atoms with Gasteiger partial charge in [0.25, 0.3) is 0 Å². The van der Waals surface area contributed by atoms with Gasteiger partial charge in [-0.05, 0) is 18.7 Å². The third-order valence-electron chi connectivity index (χ3n) is 2.54. The zero-order valence-electron chi connectivity index (χ0n) is 11.0. The predicted octanol–water partition coefficient (Wildman–Crippen LogP) is 3.50. The van der Waals surface area contributed by atoms with Crippen LogP contribution in [-0.2, 0) is 17.0 Å². The summed E-state index contributed by atoms with van der Waals surface area (Å²) < 4.78 is 0. The van der Waals surface area contributed by atoms with E-state index >= 15 is 0 Å².